The number of nitrogens with one attached hydrogen (secondary N) is 2. The Morgan fingerprint density at radius 3 is 2.62 bits per heavy atom. The first kappa shape index (κ1) is 19.8. The lowest BCUT2D eigenvalue weighted by atomic mass is 10.2. The molecule has 0 aromatic heterocycles. The molecule has 1 aromatic carbocycles. The summed E-state index contributed by atoms with van der Waals surface area (Å²) in [7, 11) is 3.86. The summed E-state index contributed by atoms with van der Waals surface area (Å²) in [6.07, 6.45) is -0.329. The van der Waals surface area contributed by atoms with Gasteiger partial charge in [0.2, 0.25) is 5.91 Å². The molecule has 1 rings (SSSR count). The van der Waals surface area contributed by atoms with Gasteiger partial charge in [-0.2, -0.15) is 0 Å². The summed E-state index contributed by atoms with van der Waals surface area (Å²) in [6.45, 7) is 1.24. The first-order valence-electron chi connectivity index (χ1n) is 7.27. The summed E-state index contributed by atoms with van der Waals surface area (Å²) in [6, 6.07) is 2.58. The minimum atomic E-state index is -1.34. The fraction of sp³-hybridized carbons (Fsp3) is 0.429. The van der Waals surface area contributed by atoms with Crippen LogP contribution in [-0.2, 0) is 9.59 Å². The Bertz CT molecular complexity index is 623. The standard InChI is InChI=1S/C14H19ClN4O5/c1-18(2)6-5-16-12(14(21)22)8-13(20)17-11-7-9(19(23)24)3-4-10(11)15/h3-4,7,12,16H,5-6,8H2,1-2H3,(H,17,20)(H,21,22)/p+1/t12-/m1/s1. The van der Waals surface area contributed by atoms with Crippen LogP contribution in [0.2, 0.25) is 5.02 Å². The molecule has 0 radical (unpaired) electrons. The lowest BCUT2D eigenvalue weighted by Gasteiger charge is -2.17. The van der Waals surface area contributed by atoms with Gasteiger partial charge in [-0.25, -0.2) is 0 Å². The number of amides is 1. The molecule has 0 aliphatic carbocycles. The predicted molar refractivity (Wildman–Crippen MR) is 84.6 cm³/mol. The molecule has 132 valence electrons. The maximum Gasteiger partial charge on any atom is 0.271 e. The number of aliphatic carboxylic acids is 1. The molecule has 24 heavy (non-hydrogen) atoms. The Kier molecular flexibility index (Phi) is 7.56. The van der Waals surface area contributed by atoms with Crippen LogP contribution in [0.3, 0.4) is 0 Å². The molecule has 1 aromatic rings. The maximum atomic E-state index is 12.0. The molecule has 0 aliphatic heterocycles. The van der Waals surface area contributed by atoms with Gasteiger partial charge in [0.15, 0.2) is 0 Å². The van der Waals surface area contributed by atoms with E-state index in [4.69, 9.17) is 11.6 Å². The number of carboxylic acids is 1. The Hall–Kier alpha value is -2.23. The summed E-state index contributed by atoms with van der Waals surface area (Å²) >= 11 is 5.89. The van der Waals surface area contributed by atoms with Gasteiger partial charge in [-0.05, 0) is 6.07 Å². The van der Waals surface area contributed by atoms with Crippen LogP contribution in [-0.4, -0.2) is 50.0 Å². The molecule has 0 saturated heterocycles. The number of halogens is 1. The van der Waals surface area contributed by atoms with Crippen molar-refractivity contribution in [2.24, 2.45) is 0 Å². The highest BCUT2D eigenvalue weighted by molar-refractivity contribution is 6.33. The third-order valence-corrected chi connectivity index (χ3v) is 3.57. The van der Waals surface area contributed by atoms with E-state index in [1.54, 1.807) is 0 Å². The van der Waals surface area contributed by atoms with Gasteiger partial charge in [-0.3, -0.25) is 14.9 Å². The highest BCUT2D eigenvalue weighted by atomic mass is 35.5. The highest BCUT2D eigenvalue weighted by Gasteiger charge is 2.20. The van der Waals surface area contributed by atoms with Crippen LogP contribution in [0.1, 0.15) is 6.42 Å². The van der Waals surface area contributed by atoms with Gasteiger partial charge in [0.05, 0.1) is 42.1 Å². The quantitative estimate of drug-likeness (QED) is 0.328. The molecule has 1 atom stereocenters. The predicted octanol–water partition coefficient (Wildman–Crippen LogP) is -2.60. The number of nitrogens with zero attached hydrogens (tertiary/aromatic N) is 1. The fourth-order valence-electron chi connectivity index (χ4n) is 1.96. The average molecular weight is 360 g/mol. The first-order chi connectivity index (χ1) is 11.2. The van der Waals surface area contributed by atoms with Gasteiger partial charge in [0, 0.05) is 12.1 Å². The molecule has 0 saturated carbocycles. The molecule has 0 fully saturated rings. The molecule has 0 unspecified atom stereocenters. The molecule has 0 bridgehead atoms. The zero-order valence-corrected chi connectivity index (χ0v) is 14.1. The number of nitrogens with two attached hydrogens (primary N) is 1. The van der Waals surface area contributed by atoms with Crippen molar-refractivity contribution in [2.45, 2.75) is 12.5 Å². The number of quaternary nitrogens is 2. The topological polar surface area (TPSA) is 133 Å². The number of nitro groups is 1. The van der Waals surface area contributed by atoms with Crippen LogP contribution in [0.15, 0.2) is 18.2 Å². The van der Waals surface area contributed by atoms with Crippen molar-refractivity contribution in [1.82, 2.24) is 0 Å². The summed E-state index contributed by atoms with van der Waals surface area (Å²) < 4.78 is 0. The Morgan fingerprint density at radius 1 is 1.42 bits per heavy atom. The normalized spacial score (nSPS) is 12.0. The van der Waals surface area contributed by atoms with Crippen LogP contribution < -0.4 is 20.6 Å². The van der Waals surface area contributed by atoms with E-state index in [0.717, 1.165) is 17.5 Å². The van der Waals surface area contributed by atoms with E-state index in [1.165, 1.54) is 17.4 Å². The van der Waals surface area contributed by atoms with Crippen LogP contribution in [0, 0.1) is 10.1 Å². The van der Waals surface area contributed by atoms with Crippen LogP contribution in [0.5, 0.6) is 0 Å². The molecule has 10 heteroatoms. The molecule has 0 aliphatic rings. The van der Waals surface area contributed by atoms with Gasteiger partial charge in [-0.1, -0.05) is 11.6 Å². The second-order valence-corrected chi connectivity index (χ2v) is 5.99. The van der Waals surface area contributed by atoms with E-state index in [2.05, 4.69) is 5.32 Å². The van der Waals surface area contributed by atoms with E-state index < -0.39 is 22.8 Å². The fourth-order valence-corrected chi connectivity index (χ4v) is 2.12. The van der Waals surface area contributed by atoms with Gasteiger partial charge in [-0.15, -0.1) is 0 Å². The highest BCUT2D eigenvalue weighted by Crippen LogP contribution is 2.26. The lowest BCUT2D eigenvalue weighted by molar-refractivity contribution is -0.876. The number of carbonyl (C=O) groups excluding carboxylic acids is 2. The van der Waals surface area contributed by atoms with Gasteiger partial charge in [0.25, 0.3) is 5.69 Å². The van der Waals surface area contributed by atoms with Crippen molar-refractivity contribution in [2.75, 3.05) is 32.5 Å². The van der Waals surface area contributed by atoms with Crippen LogP contribution in [0.4, 0.5) is 11.4 Å². The summed E-state index contributed by atoms with van der Waals surface area (Å²) in [5.74, 6) is -1.95. The third kappa shape index (κ3) is 6.49. The number of rotatable bonds is 9. The smallest absolute Gasteiger partial charge is 0.271 e. The Morgan fingerprint density at radius 2 is 2.08 bits per heavy atom. The second-order valence-electron chi connectivity index (χ2n) is 5.58. The monoisotopic (exact) mass is 359 g/mol. The van der Waals surface area contributed by atoms with Crippen molar-refractivity contribution in [3.05, 3.63) is 33.3 Å². The first-order valence-corrected chi connectivity index (χ1v) is 7.65. The van der Waals surface area contributed by atoms with Crippen LogP contribution in [0.25, 0.3) is 0 Å². The molecule has 9 nitrogen and oxygen atoms in total. The molecular weight excluding hydrogens is 340 g/mol. The van der Waals surface area contributed by atoms with Crippen molar-refractivity contribution < 1.29 is 29.8 Å². The van der Waals surface area contributed by atoms with Crippen molar-refractivity contribution in [1.29, 1.82) is 0 Å². The van der Waals surface area contributed by atoms with E-state index in [9.17, 15) is 24.8 Å². The van der Waals surface area contributed by atoms with E-state index in [-0.39, 0.29) is 22.8 Å². The van der Waals surface area contributed by atoms with Crippen molar-refractivity contribution in [3.8, 4) is 0 Å². The molecular formula is C14H20ClN4O5+. The maximum absolute atomic E-state index is 12.0. The Balaban J connectivity index is 2.70. The van der Waals surface area contributed by atoms with E-state index in [0.29, 0.717) is 6.54 Å². The molecule has 0 heterocycles. The summed E-state index contributed by atoms with van der Waals surface area (Å²) in [5, 5.41) is 25.9. The number of carbonyl (C=O) groups is 2. The lowest BCUT2D eigenvalue weighted by Crippen LogP contribution is -3.10. The van der Waals surface area contributed by atoms with Gasteiger partial charge < -0.3 is 25.4 Å². The van der Waals surface area contributed by atoms with Crippen LogP contribution >= 0.6 is 11.6 Å². The Labute approximate surface area is 143 Å². The van der Waals surface area contributed by atoms with Crippen molar-refractivity contribution in [3.63, 3.8) is 0 Å². The number of anilines is 1. The summed E-state index contributed by atoms with van der Waals surface area (Å²) in [4.78, 5) is 34.4. The largest absolute Gasteiger partial charge is 0.544 e. The number of nitro benzene ring substituents is 1. The van der Waals surface area contributed by atoms with Gasteiger partial charge in [0.1, 0.15) is 19.1 Å². The number of hydrogen-bond acceptors (Lipinski definition) is 5. The molecule has 4 N–H and O–H groups in total. The minimum Gasteiger partial charge on any atom is -0.544 e. The average Bonchev–Trinajstić information content (AvgIpc) is 2.47. The molecule has 1 amide bonds. The number of non-ortho nitro benzene ring substituents is 1. The number of benzene rings is 1. The number of likely N-dealkylation sites (N-methyl/N-ethyl adjacent to an activating group) is 1. The number of hydrogen-bond donors (Lipinski definition) is 3. The third-order valence-electron chi connectivity index (χ3n) is 3.24. The number of carboxylic acid groups (broad SMARTS) is 1. The minimum absolute atomic E-state index is 0.0608. The summed E-state index contributed by atoms with van der Waals surface area (Å²) in [5.41, 5.74) is -0.169. The van der Waals surface area contributed by atoms with Gasteiger partial charge >= 0.3 is 0 Å². The van der Waals surface area contributed by atoms with E-state index in [1.807, 2.05) is 14.1 Å². The molecule has 0 spiro atoms. The second kappa shape index (κ2) is 9.16. The SMILES string of the molecule is C[NH+](C)CC[NH2+][C@H](CC(=O)Nc1cc([N+](=O)[O-])ccc1Cl)C(=O)[O-]. The van der Waals surface area contributed by atoms with E-state index >= 15 is 0 Å². The van der Waals surface area contributed by atoms with Crippen molar-refractivity contribution >= 4 is 34.9 Å². The zero-order chi connectivity index (χ0) is 18.3. The zero-order valence-electron chi connectivity index (χ0n) is 13.4.